The van der Waals surface area contributed by atoms with Crippen molar-refractivity contribution in [2.24, 2.45) is 0 Å². The number of aliphatic hydroxyl groups excluding tert-OH is 1. The van der Waals surface area contributed by atoms with Crippen molar-refractivity contribution in [1.82, 2.24) is 10.3 Å². The Hall–Kier alpha value is -1.92. The number of benzene rings is 1. The molecule has 23 heavy (non-hydrogen) atoms. The van der Waals surface area contributed by atoms with Gasteiger partial charge in [0.15, 0.2) is 0 Å². The smallest absolute Gasteiger partial charge is 0.319 e. The highest BCUT2D eigenvalue weighted by Crippen LogP contribution is 2.34. The molecule has 2 aromatic rings. The molecule has 1 fully saturated rings. The Kier molecular flexibility index (Phi) is 4.63. The van der Waals surface area contributed by atoms with Gasteiger partial charge in [-0.05, 0) is 44.7 Å². The van der Waals surface area contributed by atoms with Crippen molar-refractivity contribution in [1.29, 1.82) is 0 Å². The van der Waals surface area contributed by atoms with E-state index in [1.54, 1.807) is 11.3 Å². The minimum atomic E-state index is -0.225. The fraction of sp³-hybridized carbons (Fsp3) is 0.412. The molecule has 122 valence electrons. The number of rotatable bonds is 5. The molecule has 1 aliphatic rings. The van der Waals surface area contributed by atoms with E-state index in [-0.39, 0.29) is 18.2 Å². The van der Waals surface area contributed by atoms with E-state index in [4.69, 9.17) is 5.11 Å². The van der Waals surface area contributed by atoms with Crippen LogP contribution in [-0.4, -0.2) is 28.3 Å². The molecule has 6 heteroatoms. The summed E-state index contributed by atoms with van der Waals surface area (Å²) in [6, 6.07) is 7.45. The summed E-state index contributed by atoms with van der Waals surface area (Å²) >= 11 is 1.62. The molecule has 0 spiro atoms. The van der Waals surface area contributed by atoms with Crippen molar-refractivity contribution in [3.05, 3.63) is 34.7 Å². The second kappa shape index (κ2) is 6.68. The van der Waals surface area contributed by atoms with E-state index in [1.807, 2.05) is 36.6 Å². The number of thiazole rings is 1. The van der Waals surface area contributed by atoms with Crippen molar-refractivity contribution in [2.75, 3.05) is 11.9 Å². The van der Waals surface area contributed by atoms with E-state index in [2.05, 4.69) is 15.6 Å². The van der Waals surface area contributed by atoms with E-state index < -0.39 is 0 Å². The first-order chi connectivity index (χ1) is 11.1. The Morgan fingerprint density at radius 1 is 1.35 bits per heavy atom. The predicted octanol–water partition coefficient (Wildman–Crippen LogP) is 3.55. The molecule has 0 unspecified atom stereocenters. The van der Waals surface area contributed by atoms with Crippen LogP contribution in [0.1, 0.15) is 30.7 Å². The molecule has 1 aromatic carbocycles. The molecule has 0 radical (unpaired) electrons. The molecule has 3 rings (SSSR count). The van der Waals surface area contributed by atoms with Crippen LogP contribution in [0, 0.1) is 6.92 Å². The number of aryl methyl sites for hydroxylation is 1. The van der Waals surface area contributed by atoms with Crippen molar-refractivity contribution < 1.29 is 9.90 Å². The highest BCUT2D eigenvalue weighted by atomic mass is 32.1. The third kappa shape index (κ3) is 3.71. The molecule has 0 atom stereocenters. The van der Waals surface area contributed by atoms with Gasteiger partial charge < -0.3 is 15.7 Å². The van der Waals surface area contributed by atoms with Gasteiger partial charge in [-0.1, -0.05) is 12.1 Å². The predicted molar refractivity (Wildman–Crippen MR) is 92.7 cm³/mol. The van der Waals surface area contributed by atoms with E-state index in [9.17, 15) is 4.79 Å². The minimum Gasteiger partial charge on any atom is -0.396 e. The number of nitrogens with one attached hydrogen (secondary N) is 2. The Morgan fingerprint density at radius 3 is 2.61 bits per heavy atom. The lowest BCUT2D eigenvalue weighted by Crippen LogP contribution is -2.55. The van der Waals surface area contributed by atoms with Gasteiger partial charge in [-0.3, -0.25) is 0 Å². The summed E-state index contributed by atoms with van der Waals surface area (Å²) in [5.41, 5.74) is 2.52. The average molecular weight is 331 g/mol. The molecule has 1 heterocycles. The molecule has 0 saturated heterocycles. The first-order valence-corrected chi connectivity index (χ1v) is 8.71. The largest absolute Gasteiger partial charge is 0.396 e. The normalized spacial score (nSPS) is 15.7. The fourth-order valence-corrected chi connectivity index (χ4v) is 3.50. The number of nitrogens with zero attached hydrogens (tertiary/aromatic N) is 1. The number of urea groups is 1. The lowest BCUT2D eigenvalue weighted by atomic mass is 9.74. The number of hydrogen-bond acceptors (Lipinski definition) is 4. The molecule has 3 N–H and O–H groups in total. The number of carbonyl (C=O) groups excluding carboxylic acids is 1. The van der Waals surface area contributed by atoms with E-state index in [0.717, 1.165) is 41.2 Å². The van der Waals surface area contributed by atoms with Gasteiger partial charge in [0.05, 0.1) is 10.7 Å². The van der Waals surface area contributed by atoms with Gasteiger partial charge in [-0.25, -0.2) is 9.78 Å². The molecule has 2 amide bonds. The monoisotopic (exact) mass is 331 g/mol. The zero-order valence-corrected chi connectivity index (χ0v) is 13.9. The molecule has 5 nitrogen and oxygen atoms in total. The summed E-state index contributed by atoms with van der Waals surface area (Å²) in [6.45, 7) is 2.08. The Bertz CT molecular complexity index is 677. The number of hydrogen-bond donors (Lipinski definition) is 3. The maximum Gasteiger partial charge on any atom is 0.319 e. The van der Waals surface area contributed by atoms with Gasteiger partial charge in [-0.15, -0.1) is 11.3 Å². The number of aromatic nitrogens is 1. The molecule has 1 aromatic heterocycles. The SMILES string of the molecule is Cc1nc(-c2ccc(NC(=O)NC3(CCO)CCC3)cc2)cs1. The maximum absolute atomic E-state index is 12.1. The molecule has 1 aliphatic carbocycles. The summed E-state index contributed by atoms with van der Waals surface area (Å²) < 4.78 is 0. The third-order valence-corrected chi connectivity index (χ3v) is 5.11. The van der Waals surface area contributed by atoms with Crippen LogP contribution >= 0.6 is 11.3 Å². The molecular weight excluding hydrogens is 310 g/mol. The molecule has 0 bridgehead atoms. The average Bonchev–Trinajstić information content (AvgIpc) is 2.92. The maximum atomic E-state index is 12.1. The van der Waals surface area contributed by atoms with Crippen LogP contribution in [0.5, 0.6) is 0 Å². The van der Waals surface area contributed by atoms with Crippen molar-refractivity contribution in [2.45, 2.75) is 38.1 Å². The molecule has 1 saturated carbocycles. The van der Waals surface area contributed by atoms with E-state index in [0.29, 0.717) is 6.42 Å². The third-order valence-electron chi connectivity index (χ3n) is 4.34. The highest BCUT2D eigenvalue weighted by Gasteiger charge is 2.37. The second-order valence-electron chi connectivity index (χ2n) is 6.02. The number of anilines is 1. The Morgan fingerprint density at radius 2 is 2.09 bits per heavy atom. The van der Waals surface area contributed by atoms with Crippen LogP contribution in [0.3, 0.4) is 0 Å². The zero-order chi connectivity index (χ0) is 16.3. The summed E-state index contributed by atoms with van der Waals surface area (Å²) in [4.78, 5) is 16.6. The quantitative estimate of drug-likeness (QED) is 0.784. The fourth-order valence-electron chi connectivity index (χ4n) is 2.88. The summed E-state index contributed by atoms with van der Waals surface area (Å²) in [7, 11) is 0. The number of amides is 2. The molecule has 0 aliphatic heterocycles. The topological polar surface area (TPSA) is 74.2 Å². The van der Waals surface area contributed by atoms with Gasteiger partial charge >= 0.3 is 6.03 Å². The summed E-state index contributed by atoms with van der Waals surface area (Å²) in [5.74, 6) is 0. The lowest BCUT2D eigenvalue weighted by molar-refractivity contribution is 0.139. The van der Waals surface area contributed by atoms with Crippen molar-refractivity contribution in [3.63, 3.8) is 0 Å². The minimum absolute atomic E-state index is 0.0992. The number of aliphatic hydroxyl groups is 1. The molecular formula is C17H21N3O2S. The first kappa shape index (κ1) is 16.0. The van der Waals surface area contributed by atoms with Crippen LogP contribution in [0.4, 0.5) is 10.5 Å². The van der Waals surface area contributed by atoms with Gasteiger partial charge in [-0.2, -0.15) is 0 Å². The van der Waals surface area contributed by atoms with Crippen molar-refractivity contribution >= 4 is 23.1 Å². The van der Waals surface area contributed by atoms with E-state index in [1.165, 1.54) is 0 Å². The Labute approximate surface area is 139 Å². The van der Waals surface area contributed by atoms with Crippen LogP contribution in [0.2, 0.25) is 0 Å². The summed E-state index contributed by atoms with van der Waals surface area (Å²) in [6.07, 6.45) is 3.58. The summed E-state index contributed by atoms with van der Waals surface area (Å²) in [5, 5.41) is 18.1. The Balaban J connectivity index is 1.60. The van der Waals surface area contributed by atoms with Gasteiger partial charge in [0, 0.05) is 28.8 Å². The second-order valence-corrected chi connectivity index (χ2v) is 7.08. The zero-order valence-electron chi connectivity index (χ0n) is 13.1. The lowest BCUT2D eigenvalue weighted by Gasteiger charge is -2.42. The highest BCUT2D eigenvalue weighted by molar-refractivity contribution is 7.09. The number of carbonyl (C=O) groups is 1. The first-order valence-electron chi connectivity index (χ1n) is 7.83. The van der Waals surface area contributed by atoms with Crippen LogP contribution in [0.15, 0.2) is 29.6 Å². The van der Waals surface area contributed by atoms with Gasteiger partial charge in [0.2, 0.25) is 0 Å². The van der Waals surface area contributed by atoms with Crippen LogP contribution in [0.25, 0.3) is 11.3 Å². The van der Waals surface area contributed by atoms with Crippen LogP contribution in [-0.2, 0) is 0 Å². The van der Waals surface area contributed by atoms with Gasteiger partial charge in [0.1, 0.15) is 0 Å². The van der Waals surface area contributed by atoms with Crippen molar-refractivity contribution in [3.8, 4) is 11.3 Å². The van der Waals surface area contributed by atoms with Gasteiger partial charge in [0.25, 0.3) is 0 Å². The van der Waals surface area contributed by atoms with E-state index >= 15 is 0 Å². The standard InChI is InChI=1S/C17H21N3O2S/c1-12-18-15(11-23-12)13-3-5-14(6-4-13)19-16(22)20-17(9-10-21)7-2-8-17/h3-6,11,21H,2,7-10H2,1H3,(H2,19,20,22). The van der Waals surface area contributed by atoms with Crippen LogP contribution < -0.4 is 10.6 Å².